The van der Waals surface area contributed by atoms with Gasteiger partial charge in [0, 0.05) is 26.1 Å². The number of alkyl halides is 1. The van der Waals surface area contributed by atoms with Crippen molar-refractivity contribution in [3.8, 4) is 12.1 Å². The molecule has 0 aliphatic carbocycles. The highest BCUT2D eigenvalue weighted by Crippen LogP contribution is 2.41. The maximum absolute atomic E-state index is 14.5. The highest BCUT2D eigenvalue weighted by molar-refractivity contribution is 5.93. The normalized spacial score (nSPS) is 26.1. The van der Waals surface area contributed by atoms with Crippen molar-refractivity contribution in [1.29, 1.82) is 5.26 Å². The van der Waals surface area contributed by atoms with Gasteiger partial charge in [-0.05, 0) is 75.4 Å². The molecule has 2 bridgehead atoms. The number of benzene rings is 2. The van der Waals surface area contributed by atoms with Gasteiger partial charge in [0.05, 0.1) is 23.3 Å². The van der Waals surface area contributed by atoms with Gasteiger partial charge in [-0.15, -0.1) is 0 Å². The smallest absolute Gasteiger partial charge is 0.410 e. The van der Waals surface area contributed by atoms with Gasteiger partial charge < -0.3 is 14.4 Å². The zero-order chi connectivity index (χ0) is 32.1. The van der Waals surface area contributed by atoms with Crippen LogP contribution >= 0.6 is 0 Å². The van der Waals surface area contributed by atoms with E-state index in [0.29, 0.717) is 49.7 Å². The number of nitrogens with zero attached hydrogens (tertiary/aromatic N) is 6. The summed E-state index contributed by atoms with van der Waals surface area (Å²) in [5, 5.41) is 12.7. The Bertz CT molecular complexity index is 1700. The number of hydrogen-bond donors (Lipinski definition) is 0. The third-order valence-electron chi connectivity index (χ3n) is 9.87. The van der Waals surface area contributed by atoms with Crippen molar-refractivity contribution >= 4 is 34.8 Å². The molecule has 4 aliphatic rings. The van der Waals surface area contributed by atoms with Crippen LogP contribution in [0, 0.1) is 11.3 Å². The van der Waals surface area contributed by atoms with Gasteiger partial charge in [-0.3, -0.25) is 9.80 Å². The molecule has 5 heterocycles. The van der Waals surface area contributed by atoms with Crippen molar-refractivity contribution in [3.63, 3.8) is 0 Å². The summed E-state index contributed by atoms with van der Waals surface area (Å²) in [4.78, 5) is 28.9. The van der Waals surface area contributed by atoms with E-state index in [1.54, 1.807) is 0 Å². The number of piperazine rings is 1. The molecule has 4 atom stereocenters. The molecule has 1 amide bonds. The molecular weight excluding hydrogens is 583 g/mol. The fourth-order valence-corrected chi connectivity index (χ4v) is 7.87. The van der Waals surface area contributed by atoms with Crippen LogP contribution < -0.4 is 9.64 Å². The first-order valence-corrected chi connectivity index (χ1v) is 16.4. The van der Waals surface area contributed by atoms with Crippen LogP contribution in [0.1, 0.15) is 69.7 Å². The Kier molecular flexibility index (Phi) is 7.84. The molecule has 10 heteroatoms. The topological polar surface area (TPSA) is 94.8 Å². The third kappa shape index (κ3) is 5.77. The van der Waals surface area contributed by atoms with Gasteiger partial charge in [-0.25, -0.2) is 9.18 Å². The lowest BCUT2D eigenvalue weighted by atomic mass is 9.95. The van der Waals surface area contributed by atoms with Crippen molar-refractivity contribution in [3.05, 3.63) is 59.3 Å². The van der Waals surface area contributed by atoms with Gasteiger partial charge in [-0.2, -0.15) is 15.2 Å². The van der Waals surface area contributed by atoms with Crippen LogP contribution in [0.2, 0.25) is 0 Å². The number of rotatable bonds is 6. The summed E-state index contributed by atoms with van der Waals surface area (Å²) in [5.41, 5.74) is 0.900. The summed E-state index contributed by atoms with van der Waals surface area (Å²) in [6.07, 6.45) is 6.72. The Hall–Kier alpha value is -4.23. The number of amides is 1. The fraction of sp³-hybridized carbons (Fsp3) is 0.500. The molecule has 4 fully saturated rings. The fourth-order valence-electron chi connectivity index (χ4n) is 7.87. The molecule has 240 valence electrons. The summed E-state index contributed by atoms with van der Waals surface area (Å²) in [6.45, 7) is 8.27. The highest BCUT2D eigenvalue weighted by atomic mass is 19.1. The van der Waals surface area contributed by atoms with Gasteiger partial charge in [0.1, 0.15) is 30.0 Å². The van der Waals surface area contributed by atoms with Gasteiger partial charge >= 0.3 is 12.1 Å². The van der Waals surface area contributed by atoms with Gasteiger partial charge in [0.15, 0.2) is 5.82 Å². The first kappa shape index (κ1) is 30.4. The van der Waals surface area contributed by atoms with E-state index in [9.17, 15) is 14.4 Å². The second kappa shape index (κ2) is 11.8. The summed E-state index contributed by atoms with van der Waals surface area (Å²) in [7, 11) is 0. The lowest BCUT2D eigenvalue weighted by Crippen LogP contribution is -2.57. The zero-order valence-electron chi connectivity index (χ0n) is 26.8. The molecule has 1 aromatic heterocycles. The molecule has 4 aliphatic heterocycles. The first-order chi connectivity index (χ1) is 22.1. The Balaban J connectivity index is 1.23. The minimum absolute atomic E-state index is 0.0555. The second-order valence-electron chi connectivity index (χ2n) is 14.1. The summed E-state index contributed by atoms with van der Waals surface area (Å²) in [5.74, 6) is 0.501. The molecule has 3 aromatic rings. The maximum atomic E-state index is 14.5. The molecule has 46 heavy (non-hydrogen) atoms. The lowest BCUT2D eigenvalue weighted by Gasteiger charge is -2.42. The quantitative estimate of drug-likeness (QED) is 0.319. The Morgan fingerprint density at radius 1 is 1.09 bits per heavy atom. The Morgan fingerprint density at radius 2 is 1.85 bits per heavy atom. The number of nitriles is 1. The predicted octanol–water partition coefficient (Wildman–Crippen LogP) is 6.22. The molecule has 0 spiro atoms. The van der Waals surface area contributed by atoms with E-state index in [4.69, 9.17) is 19.4 Å². The van der Waals surface area contributed by atoms with Gasteiger partial charge in [0.25, 0.3) is 0 Å². The van der Waals surface area contributed by atoms with E-state index in [1.807, 2.05) is 62.1 Å². The average Bonchev–Trinajstić information content (AvgIpc) is 3.64. The number of anilines is 1. The number of ether oxygens (including phenoxy) is 2. The summed E-state index contributed by atoms with van der Waals surface area (Å²) < 4.78 is 26.6. The van der Waals surface area contributed by atoms with Crippen molar-refractivity contribution in [1.82, 2.24) is 19.8 Å². The Labute approximate surface area is 269 Å². The highest BCUT2D eigenvalue weighted by Gasteiger charge is 2.50. The Morgan fingerprint density at radius 3 is 2.61 bits per heavy atom. The van der Waals surface area contributed by atoms with E-state index in [1.165, 1.54) is 0 Å². The number of fused-ring (bicyclic) bond motifs is 4. The van der Waals surface area contributed by atoms with Crippen LogP contribution in [0.3, 0.4) is 0 Å². The molecule has 7 rings (SSSR count). The van der Waals surface area contributed by atoms with Crippen molar-refractivity contribution in [2.75, 3.05) is 37.7 Å². The number of carbonyl (C=O) groups excluding carboxylic acids is 1. The van der Waals surface area contributed by atoms with Crippen molar-refractivity contribution in [2.24, 2.45) is 0 Å². The van der Waals surface area contributed by atoms with Crippen LogP contribution in [0.5, 0.6) is 6.01 Å². The molecule has 0 saturated carbocycles. The van der Waals surface area contributed by atoms with Crippen LogP contribution in [0.15, 0.2) is 42.5 Å². The monoisotopic (exact) mass is 624 g/mol. The van der Waals surface area contributed by atoms with Crippen LogP contribution in [-0.2, 0) is 4.74 Å². The summed E-state index contributed by atoms with van der Waals surface area (Å²) in [6, 6.07) is 16.7. The molecule has 2 aromatic carbocycles. The van der Waals surface area contributed by atoms with Crippen LogP contribution in [0.4, 0.5) is 15.0 Å². The molecule has 9 nitrogen and oxygen atoms in total. The maximum Gasteiger partial charge on any atom is 0.410 e. The summed E-state index contributed by atoms with van der Waals surface area (Å²) >= 11 is 0. The predicted molar refractivity (Wildman–Crippen MR) is 175 cm³/mol. The van der Waals surface area contributed by atoms with Crippen LogP contribution in [-0.4, -0.2) is 88.0 Å². The average molecular weight is 625 g/mol. The van der Waals surface area contributed by atoms with E-state index < -0.39 is 11.8 Å². The lowest BCUT2D eigenvalue weighted by molar-refractivity contribution is 0.0122. The minimum atomic E-state index is -0.864. The van der Waals surface area contributed by atoms with Gasteiger partial charge in [0.2, 0.25) is 0 Å². The largest absolute Gasteiger partial charge is 0.461 e. The number of halogens is 1. The van der Waals surface area contributed by atoms with Gasteiger partial charge in [-0.1, -0.05) is 48.5 Å². The molecular formula is C36H41FN6O3. The molecule has 0 N–H and O–H groups in total. The number of aromatic nitrogens is 2. The van der Waals surface area contributed by atoms with E-state index in [2.05, 4.69) is 34.1 Å². The first-order valence-electron chi connectivity index (χ1n) is 16.4. The standard InChI is InChI=1S/C36H41FN6O3/c1-35(2,3)46-34(44)43-27-13-14-28(43)22-41(21-27)32-30(19-38)31(15-12-25-10-6-9-24-8-4-5-11-29(24)25)39-33(40-32)45-23-36-16-7-17-42(36)20-26(37)18-36/h4-6,8-12,15,26-28H,7,13-14,16-18,20-23H2,1-3H3/b15-12+/t26-,27-,28+,36+/m1/s1. The number of carbonyl (C=O) groups is 1. The number of hydrogen-bond acceptors (Lipinski definition) is 8. The van der Waals surface area contributed by atoms with Crippen molar-refractivity contribution in [2.45, 2.75) is 82.3 Å². The van der Waals surface area contributed by atoms with E-state index in [0.717, 1.165) is 48.6 Å². The van der Waals surface area contributed by atoms with Crippen LogP contribution in [0.25, 0.3) is 22.9 Å². The zero-order valence-corrected chi connectivity index (χ0v) is 26.8. The SMILES string of the molecule is CC(C)(C)OC(=O)N1[C@@H]2CC[C@H]1CN(c1nc(OC[C@@]34CCCN3C[C@H](F)C4)nc(/C=C/c3cccc4ccccc34)c1C#N)C2. The van der Waals surface area contributed by atoms with E-state index >= 15 is 0 Å². The second-order valence-corrected chi connectivity index (χ2v) is 14.1. The van der Waals surface area contributed by atoms with Crippen molar-refractivity contribution < 1.29 is 18.7 Å². The minimum Gasteiger partial charge on any atom is -0.461 e. The molecule has 0 unspecified atom stereocenters. The molecule has 0 radical (unpaired) electrons. The molecule has 4 saturated heterocycles. The van der Waals surface area contributed by atoms with E-state index in [-0.39, 0.29) is 29.7 Å². The third-order valence-corrected chi connectivity index (χ3v) is 9.87.